The fraction of sp³-hybridized carbons (Fsp3) is 0.481. The number of likely N-dealkylation sites (N-methyl/N-ethyl adjacent to an activating group) is 1. The molecule has 0 spiro atoms. The molecule has 2 aromatic heterocycles. The first-order valence-corrected chi connectivity index (χ1v) is 16.7. The summed E-state index contributed by atoms with van der Waals surface area (Å²) in [5.41, 5.74) is 3.30. The van der Waals surface area contributed by atoms with Gasteiger partial charge < -0.3 is 19.2 Å². The van der Waals surface area contributed by atoms with E-state index >= 15 is 0 Å². The lowest BCUT2D eigenvalue weighted by Gasteiger charge is -2.39. The van der Waals surface area contributed by atoms with Gasteiger partial charge in [0.15, 0.2) is 19.3 Å². The van der Waals surface area contributed by atoms with E-state index in [1.54, 1.807) is 29.9 Å². The Balaban J connectivity index is 1.95. The van der Waals surface area contributed by atoms with Crippen molar-refractivity contribution in [3.05, 3.63) is 44.7 Å². The van der Waals surface area contributed by atoms with Crippen LogP contribution in [0.5, 0.6) is 5.75 Å². The second kappa shape index (κ2) is 12.2. The molecule has 1 aromatic carbocycles. The fourth-order valence-corrected chi connectivity index (χ4v) is 5.73. The molecule has 0 radical (unpaired) electrons. The molecule has 3 aromatic rings. The van der Waals surface area contributed by atoms with Gasteiger partial charge in [0.05, 0.1) is 29.1 Å². The summed E-state index contributed by atoms with van der Waals surface area (Å²) in [6.07, 6.45) is -1.51. The first kappa shape index (κ1) is 32.1. The monoisotopic (exact) mass is 627 g/mol. The van der Waals surface area contributed by atoms with Gasteiger partial charge in [-0.25, -0.2) is 14.8 Å². The van der Waals surface area contributed by atoms with Crippen molar-refractivity contribution < 1.29 is 19.1 Å². The summed E-state index contributed by atoms with van der Waals surface area (Å²) in [5.74, 6) is 0.820. The van der Waals surface area contributed by atoms with E-state index in [1.807, 2.05) is 13.8 Å². The highest BCUT2D eigenvalue weighted by Gasteiger charge is 2.39. The molecule has 13 heteroatoms. The third-order valence-electron chi connectivity index (χ3n) is 7.22. The van der Waals surface area contributed by atoms with E-state index in [2.05, 4.69) is 43.9 Å². The van der Waals surface area contributed by atoms with Gasteiger partial charge in [0.25, 0.3) is 0 Å². The van der Waals surface area contributed by atoms with Crippen LogP contribution in [-0.4, -0.2) is 70.5 Å². The molecule has 0 bridgehead atoms. The van der Waals surface area contributed by atoms with E-state index in [9.17, 15) is 9.90 Å². The smallest absolute Gasteiger partial charge is 0.407 e. The van der Waals surface area contributed by atoms with Gasteiger partial charge in [0, 0.05) is 30.8 Å². The number of aromatic nitrogens is 4. The summed E-state index contributed by atoms with van der Waals surface area (Å²) >= 11 is 19.4. The minimum absolute atomic E-state index is 0.0588. The molecule has 3 rings (SSSR count). The number of carboxylic acid groups (broad SMARTS) is 1. The molecule has 0 fully saturated rings. The van der Waals surface area contributed by atoms with Crippen molar-refractivity contribution in [3.8, 4) is 28.5 Å². The maximum Gasteiger partial charge on any atom is 0.407 e. The van der Waals surface area contributed by atoms with Gasteiger partial charge in [0.1, 0.15) is 17.5 Å². The Morgan fingerprint density at radius 1 is 1.12 bits per heavy atom. The highest BCUT2D eigenvalue weighted by molar-refractivity contribution is 6.74. The molecule has 2 heterocycles. The number of carbonyl (C=O) groups is 1. The van der Waals surface area contributed by atoms with Crippen LogP contribution < -0.4 is 4.74 Å². The average Bonchev–Trinajstić information content (AvgIpc) is 3.09. The molecule has 1 unspecified atom stereocenters. The lowest BCUT2D eigenvalue weighted by Crippen LogP contribution is -2.49. The van der Waals surface area contributed by atoms with Gasteiger partial charge >= 0.3 is 6.09 Å². The number of ether oxygens (including phenoxy) is 1. The van der Waals surface area contributed by atoms with Gasteiger partial charge in [-0.15, -0.1) is 0 Å². The number of benzene rings is 1. The molecule has 0 aliphatic carbocycles. The van der Waals surface area contributed by atoms with E-state index in [1.165, 1.54) is 11.9 Å². The summed E-state index contributed by atoms with van der Waals surface area (Å²) in [6.45, 7) is 14.6. The van der Waals surface area contributed by atoms with Crippen molar-refractivity contribution in [1.29, 1.82) is 0 Å². The molecule has 1 N–H and O–H groups in total. The van der Waals surface area contributed by atoms with Crippen LogP contribution in [0.2, 0.25) is 33.5 Å². The summed E-state index contributed by atoms with van der Waals surface area (Å²) < 4.78 is 14.3. The van der Waals surface area contributed by atoms with Crippen molar-refractivity contribution in [1.82, 2.24) is 24.6 Å². The first-order chi connectivity index (χ1) is 18.4. The molecular weight excluding hydrogens is 593 g/mol. The zero-order chi connectivity index (χ0) is 30.2. The SMILES string of the molecule is Cc1c(Cl)nc(-c2cc(OCC(CN(C)C(=O)O)O[Si](C)(C)C(C)(C)C)ccc2Cl)nc1-c1c(C)c(Cl)nn1C. The quantitative estimate of drug-likeness (QED) is 0.193. The van der Waals surface area contributed by atoms with E-state index in [4.69, 9.17) is 48.9 Å². The Hall–Kier alpha value is -2.37. The van der Waals surface area contributed by atoms with Crippen LogP contribution in [0, 0.1) is 13.8 Å². The van der Waals surface area contributed by atoms with Crippen LogP contribution in [-0.2, 0) is 11.5 Å². The predicted molar refractivity (Wildman–Crippen MR) is 162 cm³/mol. The Morgan fingerprint density at radius 3 is 2.33 bits per heavy atom. The van der Waals surface area contributed by atoms with E-state index in [0.717, 1.165) is 11.3 Å². The van der Waals surface area contributed by atoms with Gasteiger partial charge in [-0.05, 0) is 50.2 Å². The second-order valence-electron chi connectivity index (χ2n) is 11.3. The summed E-state index contributed by atoms with van der Waals surface area (Å²) in [7, 11) is 1.09. The number of amides is 1. The lowest BCUT2D eigenvalue weighted by molar-refractivity contribution is 0.0794. The third kappa shape index (κ3) is 7.09. The van der Waals surface area contributed by atoms with Crippen molar-refractivity contribution in [2.24, 2.45) is 7.05 Å². The summed E-state index contributed by atoms with van der Waals surface area (Å²) in [5, 5.41) is 14.7. The highest BCUT2D eigenvalue weighted by Crippen LogP contribution is 2.38. The predicted octanol–water partition coefficient (Wildman–Crippen LogP) is 7.50. The Kier molecular flexibility index (Phi) is 9.84. The molecule has 0 aliphatic heterocycles. The lowest BCUT2D eigenvalue weighted by atomic mass is 10.1. The standard InChI is InChI=1S/C27H36Cl3N5O4Si/c1-15-21(22-16(2)24(30)33-35(22)7)31-25(32-23(15)29)19-12-17(10-11-20(19)28)38-14-18(13-34(6)26(36)37)39-40(8,9)27(3,4)5/h10-12,18H,13-14H2,1-9H3,(H,36,37). The van der Waals surface area contributed by atoms with Crippen LogP contribution in [0.3, 0.4) is 0 Å². The van der Waals surface area contributed by atoms with Gasteiger partial charge in [0.2, 0.25) is 0 Å². The van der Waals surface area contributed by atoms with Crippen LogP contribution >= 0.6 is 34.8 Å². The van der Waals surface area contributed by atoms with Crippen molar-refractivity contribution in [3.63, 3.8) is 0 Å². The van der Waals surface area contributed by atoms with Crippen molar-refractivity contribution >= 4 is 49.2 Å². The number of halogens is 3. The maximum absolute atomic E-state index is 11.5. The van der Waals surface area contributed by atoms with Gasteiger partial charge in [-0.2, -0.15) is 5.10 Å². The minimum Gasteiger partial charge on any atom is -0.491 e. The van der Waals surface area contributed by atoms with E-state index in [-0.39, 0.29) is 23.3 Å². The Labute approximate surface area is 251 Å². The molecule has 218 valence electrons. The van der Waals surface area contributed by atoms with E-state index < -0.39 is 20.5 Å². The van der Waals surface area contributed by atoms with E-state index in [0.29, 0.717) is 38.6 Å². The highest BCUT2D eigenvalue weighted by atomic mass is 35.5. The average molecular weight is 629 g/mol. The van der Waals surface area contributed by atoms with Crippen molar-refractivity contribution in [2.45, 2.75) is 58.9 Å². The number of aryl methyl sites for hydroxylation is 1. The second-order valence-corrected chi connectivity index (χ2v) is 17.2. The first-order valence-electron chi connectivity index (χ1n) is 12.7. The van der Waals surface area contributed by atoms with Crippen LogP contribution in [0.4, 0.5) is 4.79 Å². The third-order valence-corrected chi connectivity index (χ3v) is 12.8. The number of rotatable bonds is 9. The zero-order valence-corrected chi connectivity index (χ0v) is 27.5. The molecule has 0 aliphatic rings. The molecular formula is C27H36Cl3N5O4Si. The van der Waals surface area contributed by atoms with Crippen molar-refractivity contribution in [2.75, 3.05) is 20.2 Å². The summed E-state index contributed by atoms with van der Waals surface area (Å²) in [6, 6.07) is 5.17. The topological polar surface area (TPSA) is 103 Å². The number of hydrogen-bond donors (Lipinski definition) is 1. The Bertz CT molecular complexity index is 1410. The molecule has 1 atom stereocenters. The van der Waals surface area contributed by atoms with Crippen LogP contribution in [0.15, 0.2) is 18.2 Å². The molecule has 0 saturated heterocycles. The summed E-state index contributed by atoms with van der Waals surface area (Å²) in [4.78, 5) is 22.0. The maximum atomic E-state index is 11.5. The van der Waals surface area contributed by atoms with Crippen LogP contribution in [0.25, 0.3) is 22.8 Å². The van der Waals surface area contributed by atoms with Gasteiger partial charge in [-0.3, -0.25) is 4.68 Å². The molecule has 1 amide bonds. The molecule has 0 saturated carbocycles. The fourth-order valence-electron chi connectivity index (χ4n) is 3.82. The minimum atomic E-state index is -2.21. The number of nitrogens with zero attached hydrogens (tertiary/aromatic N) is 5. The van der Waals surface area contributed by atoms with Gasteiger partial charge in [-0.1, -0.05) is 55.6 Å². The Morgan fingerprint density at radius 2 is 1.77 bits per heavy atom. The zero-order valence-electron chi connectivity index (χ0n) is 24.3. The largest absolute Gasteiger partial charge is 0.491 e. The molecule has 9 nitrogen and oxygen atoms in total. The normalized spacial score (nSPS) is 12.9. The number of hydrogen-bond acceptors (Lipinski definition) is 6. The molecule has 40 heavy (non-hydrogen) atoms. The van der Waals surface area contributed by atoms with Crippen LogP contribution in [0.1, 0.15) is 31.9 Å².